The second kappa shape index (κ2) is 7.95. The quantitative estimate of drug-likeness (QED) is 0.731. The molecule has 1 heterocycles. The molecule has 0 fully saturated rings. The molecule has 2 N–H and O–H groups in total. The van der Waals surface area contributed by atoms with Gasteiger partial charge in [0.25, 0.3) is 5.19 Å². The van der Waals surface area contributed by atoms with Crippen LogP contribution in [-0.4, -0.2) is 44.7 Å². The van der Waals surface area contributed by atoms with Crippen molar-refractivity contribution in [2.75, 3.05) is 12.4 Å². The molecular formula is C10H15N3O4S2. The van der Waals surface area contributed by atoms with Crippen LogP contribution < -0.4 is 10.1 Å². The van der Waals surface area contributed by atoms with E-state index in [0.717, 1.165) is 0 Å². The Morgan fingerprint density at radius 1 is 1.58 bits per heavy atom. The summed E-state index contributed by atoms with van der Waals surface area (Å²) in [6.45, 7) is 3.68. The molecule has 0 unspecified atom stereocenters. The number of aromatic nitrogens is 2. The lowest BCUT2D eigenvalue weighted by molar-refractivity contribution is -0.140. The predicted molar refractivity (Wildman–Crippen MR) is 72.5 cm³/mol. The highest BCUT2D eigenvalue weighted by Gasteiger charge is 2.18. The Hall–Kier alpha value is -1.35. The fourth-order valence-electron chi connectivity index (χ4n) is 1.17. The fraction of sp³-hybridized carbons (Fsp3) is 0.600. The van der Waals surface area contributed by atoms with Gasteiger partial charge in [0.1, 0.15) is 6.04 Å². The van der Waals surface area contributed by atoms with Gasteiger partial charge in [-0.25, -0.2) is 4.79 Å². The summed E-state index contributed by atoms with van der Waals surface area (Å²) >= 11 is 2.51. The summed E-state index contributed by atoms with van der Waals surface area (Å²) in [5.41, 5.74) is 0. The van der Waals surface area contributed by atoms with E-state index in [4.69, 9.17) is 9.84 Å². The molecular weight excluding hydrogens is 290 g/mol. The molecule has 0 saturated carbocycles. The van der Waals surface area contributed by atoms with E-state index in [1.165, 1.54) is 30.2 Å². The Balaban J connectivity index is 2.38. The Kier molecular flexibility index (Phi) is 6.57. The summed E-state index contributed by atoms with van der Waals surface area (Å²) in [7, 11) is 0. The summed E-state index contributed by atoms with van der Waals surface area (Å²) in [5, 5.41) is 11.8. The number of thioether (sulfide) groups is 1. The zero-order valence-electron chi connectivity index (χ0n) is 10.6. The van der Waals surface area contributed by atoms with Crippen molar-refractivity contribution in [2.24, 2.45) is 0 Å². The lowest BCUT2D eigenvalue weighted by Crippen LogP contribution is -2.41. The molecule has 1 atom stereocenters. The Bertz CT molecular complexity index is 438. The zero-order chi connectivity index (χ0) is 14.3. The fourth-order valence-corrected chi connectivity index (χ4v) is 2.75. The van der Waals surface area contributed by atoms with Crippen LogP contribution in [0.1, 0.15) is 19.7 Å². The van der Waals surface area contributed by atoms with Gasteiger partial charge in [0.05, 0.1) is 12.4 Å². The van der Waals surface area contributed by atoms with Crippen LogP contribution in [-0.2, 0) is 15.3 Å². The van der Waals surface area contributed by atoms with Crippen LogP contribution in [0.2, 0.25) is 0 Å². The number of hydrogen-bond donors (Lipinski definition) is 2. The largest absolute Gasteiger partial charge is 0.480 e. The van der Waals surface area contributed by atoms with Crippen molar-refractivity contribution in [3.63, 3.8) is 0 Å². The molecule has 1 rings (SSSR count). The first kappa shape index (κ1) is 15.7. The van der Waals surface area contributed by atoms with Gasteiger partial charge in [-0.05, 0) is 6.92 Å². The Morgan fingerprint density at radius 3 is 2.89 bits per heavy atom. The van der Waals surface area contributed by atoms with Crippen molar-refractivity contribution in [3.05, 3.63) is 5.82 Å². The lowest BCUT2D eigenvalue weighted by atomic mass is 10.3. The van der Waals surface area contributed by atoms with Crippen LogP contribution >= 0.6 is 23.3 Å². The molecule has 0 bridgehead atoms. The average Bonchev–Trinajstić information content (AvgIpc) is 2.75. The number of carboxylic acids is 1. The van der Waals surface area contributed by atoms with Crippen LogP contribution in [0.15, 0.2) is 0 Å². The summed E-state index contributed by atoms with van der Waals surface area (Å²) in [5.74, 6) is -0.0712. The first-order valence-corrected chi connectivity index (χ1v) is 7.48. The molecule has 7 nitrogen and oxygen atoms in total. The van der Waals surface area contributed by atoms with Crippen LogP contribution in [0.4, 0.5) is 0 Å². The predicted octanol–water partition coefficient (Wildman–Crippen LogP) is 0.759. The third-order valence-corrected chi connectivity index (χ3v) is 3.61. The van der Waals surface area contributed by atoms with Crippen LogP contribution in [0.5, 0.6) is 5.19 Å². The Morgan fingerprint density at radius 2 is 2.32 bits per heavy atom. The number of nitrogens with zero attached hydrogens (tertiary/aromatic N) is 2. The first-order chi connectivity index (χ1) is 9.02. The SMILES string of the molecule is CCOc1nc(CSC[C@H](NC(C)=O)C(=O)O)ns1. The van der Waals surface area contributed by atoms with Crippen molar-refractivity contribution < 1.29 is 19.4 Å². The lowest BCUT2D eigenvalue weighted by Gasteiger charge is -2.11. The van der Waals surface area contributed by atoms with Gasteiger partial charge in [-0.3, -0.25) is 4.79 Å². The molecule has 0 aliphatic rings. The molecule has 9 heteroatoms. The Labute approximate surface area is 118 Å². The molecule has 1 aromatic heterocycles. The molecule has 106 valence electrons. The number of carbonyl (C=O) groups excluding carboxylic acids is 1. The third kappa shape index (κ3) is 5.88. The van der Waals surface area contributed by atoms with E-state index < -0.39 is 12.0 Å². The van der Waals surface area contributed by atoms with E-state index in [2.05, 4.69) is 14.7 Å². The second-order valence-electron chi connectivity index (χ2n) is 3.52. The maximum absolute atomic E-state index is 10.9. The van der Waals surface area contributed by atoms with E-state index in [1.807, 2.05) is 6.92 Å². The standard InChI is InChI=1S/C10H15N3O4S2/c1-3-17-10-12-8(13-19-10)5-18-4-7(9(15)16)11-6(2)14/h7H,3-5H2,1-2H3,(H,11,14)(H,15,16)/t7-/m0/s1. The van der Waals surface area contributed by atoms with Crippen molar-refractivity contribution in [1.29, 1.82) is 0 Å². The monoisotopic (exact) mass is 305 g/mol. The van der Waals surface area contributed by atoms with E-state index in [0.29, 0.717) is 23.4 Å². The summed E-state index contributed by atoms with van der Waals surface area (Å²) < 4.78 is 9.28. The topological polar surface area (TPSA) is 101 Å². The van der Waals surface area contributed by atoms with E-state index in [1.54, 1.807) is 0 Å². The van der Waals surface area contributed by atoms with Gasteiger partial charge >= 0.3 is 5.97 Å². The highest BCUT2D eigenvalue weighted by atomic mass is 32.2. The normalized spacial score (nSPS) is 11.9. The molecule has 0 aliphatic heterocycles. The number of nitrogens with one attached hydrogen (secondary N) is 1. The number of carbonyl (C=O) groups is 2. The highest BCUT2D eigenvalue weighted by Crippen LogP contribution is 2.18. The number of carboxylic acid groups (broad SMARTS) is 1. The zero-order valence-corrected chi connectivity index (χ0v) is 12.2. The van der Waals surface area contributed by atoms with E-state index in [-0.39, 0.29) is 11.7 Å². The van der Waals surface area contributed by atoms with Gasteiger partial charge in [-0.2, -0.15) is 21.1 Å². The van der Waals surface area contributed by atoms with Gasteiger partial charge in [0, 0.05) is 24.2 Å². The minimum atomic E-state index is -1.05. The maximum Gasteiger partial charge on any atom is 0.327 e. The number of amides is 1. The van der Waals surface area contributed by atoms with Gasteiger partial charge in [-0.15, -0.1) is 0 Å². The molecule has 0 spiro atoms. The minimum absolute atomic E-state index is 0.262. The minimum Gasteiger partial charge on any atom is -0.480 e. The van der Waals surface area contributed by atoms with Gasteiger partial charge in [0.2, 0.25) is 5.91 Å². The molecule has 1 aromatic rings. The first-order valence-electron chi connectivity index (χ1n) is 5.56. The number of rotatable bonds is 8. The second-order valence-corrected chi connectivity index (χ2v) is 5.26. The van der Waals surface area contributed by atoms with Crippen LogP contribution in [0.3, 0.4) is 0 Å². The van der Waals surface area contributed by atoms with Crippen LogP contribution in [0.25, 0.3) is 0 Å². The van der Waals surface area contributed by atoms with Crippen molar-refractivity contribution in [3.8, 4) is 5.19 Å². The summed E-state index contributed by atoms with van der Waals surface area (Å²) in [6.07, 6.45) is 0. The maximum atomic E-state index is 10.9. The molecule has 1 amide bonds. The summed E-state index contributed by atoms with van der Waals surface area (Å²) in [4.78, 5) is 25.9. The van der Waals surface area contributed by atoms with Crippen molar-refractivity contribution >= 4 is 35.2 Å². The number of aliphatic carboxylic acids is 1. The van der Waals surface area contributed by atoms with Crippen molar-refractivity contribution in [2.45, 2.75) is 25.6 Å². The van der Waals surface area contributed by atoms with E-state index in [9.17, 15) is 9.59 Å². The third-order valence-electron chi connectivity index (χ3n) is 1.91. The summed E-state index contributed by atoms with van der Waals surface area (Å²) in [6, 6.07) is -0.896. The molecule has 0 radical (unpaired) electrons. The highest BCUT2D eigenvalue weighted by molar-refractivity contribution is 7.98. The number of hydrogen-bond acceptors (Lipinski definition) is 7. The smallest absolute Gasteiger partial charge is 0.327 e. The van der Waals surface area contributed by atoms with Crippen molar-refractivity contribution in [1.82, 2.24) is 14.7 Å². The molecule has 19 heavy (non-hydrogen) atoms. The molecule has 0 aromatic carbocycles. The number of ether oxygens (including phenoxy) is 1. The van der Waals surface area contributed by atoms with Gasteiger partial charge < -0.3 is 15.2 Å². The molecule has 0 aliphatic carbocycles. The van der Waals surface area contributed by atoms with Gasteiger partial charge in [-0.1, -0.05) is 0 Å². The van der Waals surface area contributed by atoms with Crippen LogP contribution in [0, 0.1) is 0 Å². The van der Waals surface area contributed by atoms with Gasteiger partial charge in [0.15, 0.2) is 5.82 Å². The average molecular weight is 305 g/mol. The molecule has 0 saturated heterocycles. The van der Waals surface area contributed by atoms with E-state index >= 15 is 0 Å².